The topological polar surface area (TPSA) is 59.1 Å². The highest BCUT2D eigenvalue weighted by atomic mass is 79.9. The molecule has 2 rings (SSSR count). The maximum atomic E-state index is 12.4. The number of aromatic nitrogens is 1. The highest BCUT2D eigenvalue weighted by Crippen LogP contribution is 2.27. The third-order valence-electron chi connectivity index (χ3n) is 2.52. The molecular formula is C12H12Br2N2O2S2. The molecule has 0 spiro atoms. The molecule has 4 nitrogen and oxygen atoms in total. The minimum Gasteiger partial charge on any atom is -0.245 e. The van der Waals surface area contributed by atoms with E-state index < -0.39 is 10.0 Å². The van der Waals surface area contributed by atoms with Gasteiger partial charge in [0, 0.05) is 20.0 Å². The average molecular weight is 440 g/mol. The van der Waals surface area contributed by atoms with Crippen LogP contribution in [-0.4, -0.2) is 13.4 Å². The number of thiazole rings is 1. The Morgan fingerprint density at radius 3 is 2.65 bits per heavy atom. The van der Waals surface area contributed by atoms with Crippen molar-refractivity contribution in [3.8, 4) is 0 Å². The molecule has 0 aliphatic rings. The molecule has 0 bridgehead atoms. The zero-order chi connectivity index (χ0) is 14.9. The second-order valence-corrected chi connectivity index (χ2v) is 8.59. The first-order valence-corrected chi connectivity index (χ1v) is 9.64. The van der Waals surface area contributed by atoms with Crippen molar-refractivity contribution in [2.24, 2.45) is 0 Å². The Kier molecular flexibility index (Phi) is 5.01. The van der Waals surface area contributed by atoms with Crippen molar-refractivity contribution in [1.29, 1.82) is 0 Å². The molecule has 2 aromatic rings. The molecule has 1 aromatic carbocycles. The Morgan fingerprint density at radius 1 is 1.35 bits per heavy atom. The van der Waals surface area contributed by atoms with Gasteiger partial charge in [-0.25, -0.2) is 18.1 Å². The Morgan fingerprint density at radius 2 is 2.05 bits per heavy atom. The first kappa shape index (κ1) is 16.1. The Hall–Kier alpha value is -0.280. The first-order valence-electron chi connectivity index (χ1n) is 5.69. The summed E-state index contributed by atoms with van der Waals surface area (Å²) in [5.41, 5.74) is 0.889. The molecule has 1 atom stereocenters. The molecule has 0 saturated heterocycles. The molecule has 0 aliphatic carbocycles. The van der Waals surface area contributed by atoms with E-state index in [0.29, 0.717) is 8.95 Å². The lowest BCUT2D eigenvalue weighted by molar-refractivity contribution is 0.565. The summed E-state index contributed by atoms with van der Waals surface area (Å²) in [7, 11) is -3.61. The van der Waals surface area contributed by atoms with Crippen LogP contribution < -0.4 is 4.72 Å². The number of nitrogens with one attached hydrogen (secondary N) is 1. The number of benzene rings is 1. The van der Waals surface area contributed by atoms with E-state index >= 15 is 0 Å². The van der Waals surface area contributed by atoms with Crippen LogP contribution in [-0.2, 0) is 10.0 Å². The van der Waals surface area contributed by atoms with Crippen molar-refractivity contribution in [2.75, 3.05) is 0 Å². The van der Waals surface area contributed by atoms with E-state index in [0.717, 1.165) is 10.7 Å². The monoisotopic (exact) mass is 438 g/mol. The van der Waals surface area contributed by atoms with Gasteiger partial charge in [0.1, 0.15) is 5.01 Å². The molecule has 108 valence electrons. The van der Waals surface area contributed by atoms with Crippen LogP contribution in [0.4, 0.5) is 0 Å². The molecule has 0 radical (unpaired) electrons. The third-order valence-corrected chi connectivity index (χ3v) is 6.70. The fourth-order valence-corrected chi connectivity index (χ4v) is 5.19. The lowest BCUT2D eigenvalue weighted by Crippen LogP contribution is -2.27. The van der Waals surface area contributed by atoms with Crippen molar-refractivity contribution >= 4 is 53.2 Å². The van der Waals surface area contributed by atoms with Gasteiger partial charge in [-0.15, -0.1) is 11.3 Å². The fourth-order valence-electron chi connectivity index (χ4n) is 1.60. The summed E-state index contributed by atoms with van der Waals surface area (Å²) in [6.07, 6.45) is 0. The van der Waals surface area contributed by atoms with Crippen LogP contribution >= 0.6 is 43.2 Å². The van der Waals surface area contributed by atoms with E-state index in [9.17, 15) is 8.42 Å². The Bertz CT molecular complexity index is 729. The van der Waals surface area contributed by atoms with Crippen LogP contribution in [0.15, 0.2) is 37.4 Å². The second kappa shape index (κ2) is 6.23. The minimum absolute atomic E-state index is 0.201. The van der Waals surface area contributed by atoms with Gasteiger partial charge >= 0.3 is 0 Å². The average Bonchev–Trinajstić information content (AvgIpc) is 2.78. The maximum Gasteiger partial charge on any atom is 0.242 e. The molecule has 0 fully saturated rings. The van der Waals surface area contributed by atoms with Gasteiger partial charge in [-0.1, -0.05) is 15.9 Å². The summed E-state index contributed by atoms with van der Waals surface area (Å²) in [5, 5.41) is 2.65. The minimum atomic E-state index is -3.61. The molecule has 1 unspecified atom stereocenters. The van der Waals surface area contributed by atoms with Crippen molar-refractivity contribution in [3.05, 3.63) is 43.2 Å². The van der Waals surface area contributed by atoms with Gasteiger partial charge in [-0.2, -0.15) is 0 Å². The van der Waals surface area contributed by atoms with E-state index in [1.165, 1.54) is 11.3 Å². The lowest BCUT2D eigenvalue weighted by Gasteiger charge is -2.13. The number of rotatable bonds is 4. The molecule has 20 heavy (non-hydrogen) atoms. The molecular weight excluding hydrogens is 428 g/mol. The molecule has 0 saturated carbocycles. The van der Waals surface area contributed by atoms with Crippen molar-refractivity contribution in [3.63, 3.8) is 0 Å². The first-order chi connectivity index (χ1) is 9.29. The number of hydrogen-bond donors (Lipinski definition) is 1. The van der Waals surface area contributed by atoms with Gasteiger partial charge in [0.25, 0.3) is 0 Å². The van der Waals surface area contributed by atoms with E-state index in [2.05, 4.69) is 41.6 Å². The number of nitrogens with zero attached hydrogens (tertiary/aromatic N) is 1. The lowest BCUT2D eigenvalue weighted by atomic mass is 10.4. The van der Waals surface area contributed by atoms with Gasteiger partial charge in [0.2, 0.25) is 10.0 Å². The van der Waals surface area contributed by atoms with E-state index in [1.807, 2.05) is 12.3 Å². The molecule has 0 aliphatic heterocycles. The normalized spacial score (nSPS) is 13.4. The van der Waals surface area contributed by atoms with Gasteiger partial charge in [0.05, 0.1) is 10.9 Å². The number of aryl methyl sites for hydroxylation is 1. The predicted molar refractivity (Wildman–Crippen MR) is 87.4 cm³/mol. The van der Waals surface area contributed by atoms with Crippen molar-refractivity contribution < 1.29 is 8.42 Å². The quantitative estimate of drug-likeness (QED) is 0.782. The zero-order valence-electron chi connectivity index (χ0n) is 10.7. The fraction of sp³-hybridized carbons (Fsp3) is 0.250. The third kappa shape index (κ3) is 3.67. The SMILES string of the molecule is Cc1csc(C(C)NS(=O)(=O)c2cc(Br)ccc2Br)n1. The van der Waals surface area contributed by atoms with Crippen LogP contribution in [0.1, 0.15) is 23.7 Å². The highest BCUT2D eigenvalue weighted by molar-refractivity contribution is 9.11. The molecule has 1 heterocycles. The van der Waals surface area contributed by atoms with Crippen LogP contribution in [0.25, 0.3) is 0 Å². The molecule has 8 heteroatoms. The summed E-state index contributed by atoms with van der Waals surface area (Å²) in [4.78, 5) is 4.50. The molecule has 1 N–H and O–H groups in total. The number of hydrogen-bond acceptors (Lipinski definition) is 4. The van der Waals surface area contributed by atoms with E-state index in [4.69, 9.17) is 0 Å². The Labute approximate surface area is 138 Å². The smallest absolute Gasteiger partial charge is 0.242 e. The van der Waals surface area contributed by atoms with Gasteiger partial charge in [-0.05, 0) is 48.0 Å². The number of sulfonamides is 1. The predicted octanol–water partition coefficient (Wildman–Crippen LogP) is 4.02. The van der Waals surface area contributed by atoms with E-state index in [-0.39, 0.29) is 10.9 Å². The van der Waals surface area contributed by atoms with Gasteiger partial charge in [0.15, 0.2) is 0 Å². The van der Waals surface area contributed by atoms with Crippen LogP contribution in [0.5, 0.6) is 0 Å². The van der Waals surface area contributed by atoms with Crippen molar-refractivity contribution in [2.45, 2.75) is 24.8 Å². The second-order valence-electron chi connectivity index (χ2n) is 4.24. The summed E-state index contributed by atoms with van der Waals surface area (Å²) in [5.74, 6) is 0. The van der Waals surface area contributed by atoms with Crippen LogP contribution in [0, 0.1) is 6.92 Å². The summed E-state index contributed by atoms with van der Waals surface area (Å²) < 4.78 is 28.7. The van der Waals surface area contributed by atoms with Crippen LogP contribution in [0.3, 0.4) is 0 Å². The number of halogens is 2. The van der Waals surface area contributed by atoms with Gasteiger partial charge in [-0.3, -0.25) is 0 Å². The standard InChI is InChI=1S/C12H12Br2N2O2S2/c1-7-6-19-12(15-7)8(2)16-20(17,18)11-5-9(13)3-4-10(11)14/h3-6,8,16H,1-2H3. The summed E-state index contributed by atoms with van der Waals surface area (Å²) in [6, 6.07) is 4.66. The van der Waals surface area contributed by atoms with Crippen LogP contribution in [0.2, 0.25) is 0 Å². The summed E-state index contributed by atoms with van der Waals surface area (Å²) in [6.45, 7) is 3.66. The Balaban J connectivity index is 2.29. The molecule has 0 amide bonds. The largest absolute Gasteiger partial charge is 0.245 e. The maximum absolute atomic E-state index is 12.4. The zero-order valence-corrected chi connectivity index (χ0v) is 15.5. The van der Waals surface area contributed by atoms with E-state index in [1.54, 1.807) is 25.1 Å². The summed E-state index contributed by atoms with van der Waals surface area (Å²) >= 11 is 7.99. The van der Waals surface area contributed by atoms with Gasteiger partial charge < -0.3 is 0 Å². The highest BCUT2D eigenvalue weighted by Gasteiger charge is 2.22. The van der Waals surface area contributed by atoms with Crippen molar-refractivity contribution in [1.82, 2.24) is 9.71 Å². The molecule has 1 aromatic heterocycles.